The Kier molecular flexibility index (Phi) is 70.0. The summed E-state index contributed by atoms with van der Waals surface area (Å²) in [6.07, 6.45) is 90.5. The molecule has 0 aliphatic heterocycles. The van der Waals surface area contributed by atoms with Crippen molar-refractivity contribution in [3.63, 3.8) is 0 Å². The van der Waals surface area contributed by atoms with Crippen molar-refractivity contribution in [3.8, 4) is 0 Å². The first-order valence-electron chi connectivity index (χ1n) is 37.5. The van der Waals surface area contributed by atoms with Gasteiger partial charge < -0.3 is 14.2 Å². The lowest BCUT2D eigenvalue weighted by atomic mass is 10.0. The topological polar surface area (TPSA) is 78.9 Å². The van der Waals surface area contributed by atoms with Gasteiger partial charge in [0.2, 0.25) is 0 Å². The Balaban J connectivity index is 4.12. The number of rotatable bonds is 70. The maximum Gasteiger partial charge on any atom is 0.306 e. The van der Waals surface area contributed by atoms with Gasteiger partial charge in [0.1, 0.15) is 13.2 Å². The van der Waals surface area contributed by atoms with Crippen LogP contribution in [0.25, 0.3) is 0 Å². The molecule has 0 aliphatic rings. The molecule has 0 aromatic carbocycles. The van der Waals surface area contributed by atoms with E-state index in [1.807, 2.05) is 0 Å². The van der Waals surface area contributed by atoms with Crippen molar-refractivity contribution in [2.24, 2.45) is 0 Å². The second-order valence-corrected chi connectivity index (χ2v) is 25.6. The first kappa shape index (κ1) is 80.6. The second-order valence-electron chi connectivity index (χ2n) is 25.6. The van der Waals surface area contributed by atoms with Crippen LogP contribution in [0.15, 0.2) is 36.5 Å². The summed E-state index contributed by atoms with van der Waals surface area (Å²) >= 11 is 0. The summed E-state index contributed by atoms with van der Waals surface area (Å²) in [6.45, 7) is 6.70. The van der Waals surface area contributed by atoms with Gasteiger partial charge in [0.05, 0.1) is 0 Å². The molecule has 6 heteroatoms. The molecular formula is C77H144O6. The van der Waals surface area contributed by atoms with Gasteiger partial charge in [-0.15, -0.1) is 0 Å². The molecule has 1 atom stereocenters. The Morgan fingerprint density at radius 1 is 0.241 bits per heavy atom. The summed E-state index contributed by atoms with van der Waals surface area (Å²) in [5.41, 5.74) is 0. The minimum Gasteiger partial charge on any atom is -0.462 e. The highest BCUT2D eigenvalue weighted by Gasteiger charge is 2.20. The van der Waals surface area contributed by atoms with E-state index in [-0.39, 0.29) is 31.1 Å². The summed E-state index contributed by atoms with van der Waals surface area (Å²) in [6, 6.07) is 0. The number of esters is 3. The molecule has 0 spiro atoms. The zero-order chi connectivity index (χ0) is 59.9. The van der Waals surface area contributed by atoms with E-state index in [4.69, 9.17) is 14.2 Å². The molecule has 0 saturated heterocycles. The van der Waals surface area contributed by atoms with Crippen LogP contribution in [0, 0.1) is 0 Å². The Morgan fingerprint density at radius 3 is 0.675 bits per heavy atom. The maximum absolute atomic E-state index is 12.9. The van der Waals surface area contributed by atoms with Crippen molar-refractivity contribution in [2.75, 3.05) is 13.2 Å². The van der Waals surface area contributed by atoms with Gasteiger partial charge in [-0.3, -0.25) is 14.4 Å². The van der Waals surface area contributed by atoms with Gasteiger partial charge in [-0.25, -0.2) is 0 Å². The van der Waals surface area contributed by atoms with Crippen LogP contribution in [0.2, 0.25) is 0 Å². The van der Waals surface area contributed by atoms with E-state index in [1.54, 1.807) is 0 Å². The third-order valence-corrected chi connectivity index (χ3v) is 17.1. The van der Waals surface area contributed by atoms with Gasteiger partial charge in [0, 0.05) is 19.3 Å². The van der Waals surface area contributed by atoms with Gasteiger partial charge in [0.25, 0.3) is 0 Å². The molecule has 1 unspecified atom stereocenters. The monoisotopic (exact) mass is 1170 g/mol. The van der Waals surface area contributed by atoms with Crippen LogP contribution in [0.1, 0.15) is 419 Å². The Hall–Kier alpha value is -2.37. The minimum absolute atomic E-state index is 0.0661. The maximum atomic E-state index is 12.9. The zero-order valence-electron chi connectivity index (χ0n) is 56.2. The van der Waals surface area contributed by atoms with Crippen molar-refractivity contribution in [1.82, 2.24) is 0 Å². The summed E-state index contributed by atoms with van der Waals surface area (Å²) < 4.78 is 17.0. The highest BCUT2D eigenvalue weighted by molar-refractivity contribution is 5.71. The quantitative estimate of drug-likeness (QED) is 0.0261. The molecule has 488 valence electrons. The average molecular weight is 1170 g/mol. The van der Waals surface area contributed by atoms with E-state index in [0.717, 1.165) is 64.2 Å². The first-order valence-corrected chi connectivity index (χ1v) is 37.5. The van der Waals surface area contributed by atoms with E-state index < -0.39 is 6.10 Å². The molecule has 0 amide bonds. The van der Waals surface area contributed by atoms with Crippen molar-refractivity contribution in [3.05, 3.63) is 36.5 Å². The van der Waals surface area contributed by atoms with Gasteiger partial charge >= 0.3 is 17.9 Å². The lowest BCUT2D eigenvalue weighted by Gasteiger charge is -2.18. The summed E-state index contributed by atoms with van der Waals surface area (Å²) in [4.78, 5) is 38.4. The van der Waals surface area contributed by atoms with E-state index in [9.17, 15) is 14.4 Å². The largest absolute Gasteiger partial charge is 0.462 e. The summed E-state index contributed by atoms with van der Waals surface area (Å²) in [5.74, 6) is -0.836. The standard InChI is InChI=1S/C77H144O6/c1-4-7-10-13-16-19-22-25-27-29-31-32-33-34-35-36-37-38-39-40-41-42-43-44-46-47-49-52-55-58-61-64-67-70-76(79)82-73-74(72-81-75(78)69-66-63-60-57-54-51-24-21-18-15-12-9-6-3)83-77(80)71-68-65-62-59-56-53-50-48-45-30-28-26-23-20-17-14-11-8-5-2/h22,25-26,28-29,31,74H,4-21,23-24,27,30,32-73H2,1-3H3/b25-22-,28-26-,31-29-. The van der Waals surface area contributed by atoms with Crippen molar-refractivity contribution in [1.29, 1.82) is 0 Å². The normalized spacial score (nSPS) is 12.2. The summed E-state index contributed by atoms with van der Waals surface area (Å²) in [5, 5.41) is 0. The second kappa shape index (κ2) is 72.1. The molecule has 0 aliphatic carbocycles. The van der Waals surface area contributed by atoms with Crippen LogP contribution in [-0.2, 0) is 28.6 Å². The SMILES string of the molecule is CCCCCCC/C=C\C/C=C\CCCCCCCCCCCCCCCCCCCCCCCC(=O)OCC(COC(=O)CCCCCCCCCCCCCCC)OC(=O)CCCCCCCCCCC/C=C\CCCCCCCC. The highest BCUT2D eigenvalue weighted by Crippen LogP contribution is 2.19. The number of carbonyl (C=O) groups is 3. The van der Waals surface area contributed by atoms with Crippen LogP contribution in [0.4, 0.5) is 0 Å². The molecular weight excluding hydrogens is 1020 g/mol. The summed E-state index contributed by atoms with van der Waals surface area (Å²) in [7, 11) is 0. The Labute approximate surface area is 518 Å². The molecule has 0 radical (unpaired) electrons. The molecule has 0 fully saturated rings. The van der Waals surface area contributed by atoms with Gasteiger partial charge in [-0.05, 0) is 77.0 Å². The van der Waals surface area contributed by atoms with Crippen LogP contribution >= 0.6 is 0 Å². The van der Waals surface area contributed by atoms with Gasteiger partial charge in [-0.2, -0.15) is 0 Å². The molecule has 0 heterocycles. The van der Waals surface area contributed by atoms with Crippen LogP contribution in [-0.4, -0.2) is 37.2 Å². The molecule has 0 aromatic heterocycles. The van der Waals surface area contributed by atoms with Crippen LogP contribution in [0.3, 0.4) is 0 Å². The Morgan fingerprint density at radius 2 is 0.434 bits per heavy atom. The predicted molar refractivity (Wildman–Crippen MR) is 362 cm³/mol. The average Bonchev–Trinajstić information content (AvgIpc) is 3.49. The molecule has 0 aromatic rings. The number of allylic oxidation sites excluding steroid dienone is 6. The third kappa shape index (κ3) is 70.3. The molecule has 0 N–H and O–H groups in total. The van der Waals surface area contributed by atoms with E-state index in [2.05, 4.69) is 57.2 Å². The van der Waals surface area contributed by atoms with Crippen molar-refractivity contribution < 1.29 is 28.6 Å². The number of ether oxygens (including phenoxy) is 3. The first-order chi connectivity index (χ1) is 41.0. The van der Waals surface area contributed by atoms with Crippen molar-refractivity contribution >= 4 is 17.9 Å². The molecule has 6 nitrogen and oxygen atoms in total. The molecule has 0 bridgehead atoms. The Bertz CT molecular complexity index is 1380. The third-order valence-electron chi connectivity index (χ3n) is 17.1. The fraction of sp³-hybridized carbons (Fsp3) is 0.883. The number of hydrogen-bond donors (Lipinski definition) is 0. The molecule has 0 rings (SSSR count). The lowest BCUT2D eigenvalue weighted by Crippen LogP contribution is -2.30. The number of hydrogen-bond acceptors (Lipinski definition) is 6. The van der Waals surface area contributed by atoms with E-state index >= 15 is 0 Å². The fourth-order valence-corrected chi connectivity index (χ4v) is 11.5. The van der Waals surface area contributed by atoms with E-state index in [1.165, 1.54) is 315 Å². The smallest absolute Gasteiger partial charge is 0.306 e. The molecule has 83 heavy (non-hydrogen) atoms. The number of unbranched alkanes of at least 4 members (excludes halogenated alkanes) is 53. The van der Waals surface area contributed by atoms with Crippen molar-refractivity contribution in [2.45, 2.75) is 425 Å². The minimum atomic E-state index is -0.770. The van der Waals surface area contributed by atoms with Crippen LogP contribution in [0.5, 0.6) is 0 Å². The zero-order valence-corrected chi connectivity index (χ0v) is 56.2. The lowest BCUT2D eigenvalue weighted by molar-refractivity contribution is -0.167. The fourth-order valence-electron chi connectivity index (χ4n) is 11.5. The predicted octanol–water partition coefficient (Wildman–Crippen LogP) is 25.9. The molecule has 0 saturated carbocycles. The van der Waals surface area contributed by atoms with Gasteiger partial charge in [-0.1, -0.05) is 359 Å². The number of carbonyl (C=O) groups excluding carboxylic acids is 3. The van der Waals surface area contributed by atoms with Crippen LogP contribution < -0.4 is 0 Å². The highest BCUT2D eigenvalue weighted by atomic mass is 16.6. The van der Waals surface area contributed by atoms with Gasteiger partial charge in [0.15, 0.2) is 6.10 Å². The van der Waals surface area contributed by atoms with E-state index in [0.29, 0.717) is 19.3 Å².